The Kier molecular flexibility index (Phi) is 10.2. The molecular weight excluding hydrogens is 480 g/mol. The molecular formula is C25H36N6O4S. The van der Waals surface area contributed by atoms with Gasteiger partial charge >= 0.3 is 6.09 Å². The molecule has 1 saturated heterocycles. The Balaban J connectivity index is 1.73. The largest absolute Gasteiger partial charge is 0.424 e. The summed E-state index contributed by atoms with van der Waals surface area (Å²) in [6, 6.07) is 8.84. The zero-order chi connectivity index (χ0) is 26.1. The predicted molar refractivity (Wildman–Crippen MR) is 138 cm³/mol. The van der Waals surface area contributed by atoms with Crippen LogP contribution in [0.5, 0.6) is 0 Å². The molecule has 0 radical (unpaired) electrons. The van der Waals surface area contributed by atoms with Crippen LogP contribution >= 0.6 is 11.3 Å². The molecule has 3 N–H and O–H groups in total. The number of ether oxygens (including phenoxy) is 1. The van der Waals surface area contributed by atoms with E-state index in [0.717, 1.165) is 10.6 Å². The Labute approximate surface area is 216 Å². The van der Waals surface area contributed by atoms with Crippen LogP contribution in [0.15, 0.2) is 41.9 Å². The summed E-state index contributed by atoms with van der Waals surface area (Å²) in [7, 11) is 1.69. The van der Waals surface area contributed by atoms with E-state index in [1.54, 1.807) is 25.1 Å². The van der Waals surface area contributed by atoms with E-state index < -0.39 is 24.4 Å². The number of aromatic nitrogens is 1. The number of rotatable bonds is 10. The SMILES string of the molecule is CN[C@@H](C)C(=O)N[C@H](C(=O)N1CCN(Cc2ccccc2)C[C@@H]1OC(=O)NCc1nccs1)C(C)C. The van der Waals surface area contributed by atoms with E-state index in [2.05, 4.69) is 25.8 Å². The third kappa shape index (κ3) is 7.74. The molecule has 0 aliphatic carbocycles. The molecule has 0 bridgehead atoms. The molecule has 0 unspecified atom stereocenters. The summed E-state index contributed by atoms with van der Waals surface area (Å²) < 4.78 is 5.76. The van der Waals surface area contributed by atoms with Crippen molar-refractivity contribution in [3.63, 3.8) is 0 Å². The maximum absolute atomic E-state index is 13.6. The molecule has 1 aromatic carbocycles. The van der Waals surface area contributed by atoms with Crippen molar-refractivity contribution in [2.45, 2.75) is 52.2 Å². The van der Waals surface area contributed by atoms with Crippen molar-refractivity contribution in [2.24, 2.45) is 5.92 Å². The minimum absolute atomic E-state index is 0.146. The monoisotopic (exact) mass is 516 g/mol. The predicted octanol–water partition coefficient (Wildman–Crippen LogP) is 1.79. The van der Waals surface area contributed by atoms with E-state index in [-0.39, 0.29) is 24.3 Å². The van der Waals surface area contributed by atoms with Crippen LogP contribution in [0, 0.1) is 5.92 Å². The van der Waals surface area contributed by atoms with Gasteiger partial charge in [-0.3, -0.25) is 14.5 Å². The fourth-order valence-electron chi connectivity index (χ4n) is 3.90. The molecule has 11 heteroatoms. The Bertz CT molecular complexity index is 988. The minimum atomic E-state index is -0.800. The number of hydrogen-bond acceptors (Lipinski definition) is 8. The fourth-order valence-corrected chi connectivity index (χ4v) is 4.45. The van der Waals surface area contributed by atoms with Crippen LogP contribution in [0.2, 0.25) is 0 Å². The third-order valence-corrected chi connectivity index (χ3v) is 6.90. The normalized spacial score (nSPS) is 17.9. The van der Waals surface area contributed by atoms with Crippen molar-refractivity contribution < 1.29 is 19.1 Å². The molecule has 2 heterocycles. The van der Waals surface area contributed by atoms with Gasteiger partial charge in [-0.2, -0.15) is 0 Å². The molecule has 1 fully saturated rings. The number of piperazine rings is 1. The van der Waals surface area contributed by atoms with Gasteiger partial charge in [0.05, 0.1) is 19.1 Å². The lowest BCUT2D eigenvalue weighted by atomic mass is 10.0. The first-order chi connectivity index (χ1) is 17.3. The molecule has 36 heavy (non-hydrogen) atoms. The van der Waals surface area contributed by atoms with Gasteiger partial charge in [-0.25, -0.2) is 9.78 Å². The number of alkyl carbamates (subject to hydrolysis) is 1. The average molecular weight is 517 g/mol. The van der Waals surface area contributed by atoms with Crippen LogP contribution < -0.4 is 16.0 Å². The maximum Gasteiger partial charge on any atom is 0.409 e. The van der Waals surface area contributed by atoms with E-state index in [1.165, 1.54) is 11.3 Å². The fraction of sp³-hybridized carbons (Fsp3) is 0.520. The zero-order valence-electron chi connectivity index (χ0n) is 21.3. The van der Waals surface area contributed by atoms with Gasteiger partial charge in [0, 0.05) is 31.2 Å². The van der Waals surface area contributed by atoms with Gasteiger partial charge in [-0.05, 0) is 25.5 Å². The Morgan fingerprint density at radius 3 is 2.56 bits per heavy atom. The van der Waals surface area contributed by atoms with E-state index in [4.69, 9.17) is 4.74 Å². The quantitative estimate of drug-likeness (QED) is 0.441. The summed E-state index contributed by atoms with van der Waals surface area (Å²) in [5, 5.41) is 11.1. The summed E-state index contributed by atoms with van der Waals surface area (Å²) >= 11 is 1.44. The van der Waals surface area contributed by atoms with Crippen LogP contribution in [0.3, 0.4) is 0 Å². The second-order valence-electron chi connectivity index (χ2n) is 9.13. The van der Waals surface area contributed by atoms with Crippen molar-refractivity contribution in [2.75, 3.05) is 26.7 Å². The smallest absolute Gasteiger partial charge is 0.409 e. The number of thiazole rings is 1. The Morgan fingerprint density at radius 1 is 1.17 bits per heavy atom. The maximum atomic E-state index is 13.6. The highest BCUT2D eigenvalue weighted by Crippen LogP contribution is 2.18. The van der Waals surface area contributed by atoms with Crippen LogP contribution in [0.4, 0.5) is 4.79 Å². The number of benzene rings is 1. The number of likely N-dealkylation sites (N-methyl/N-ethyl adjacent to an activating group) is 1. The molecule has 10 nitrogen and oxygen atoms in total. The lowest BCUT2D eigenvalue weighted by Gasteiger charge is -2.42. The first kappa shape index (κ1) is 27.6. The molecule has 1 aromatic heterocycles. The van der Waals surface area contributed by atoms with Crippen LogP contribution in [-0.4, -0.2) is 77.7 Å². The van der Waals surface area contributed by atoms with Crippen molar-refractivity contribution >= 4 is 29.2 Å². The van der Waals surface area contributed by atoms with Crippen molar-refractivity contribution in [1.29, 1.82) is 0 Å². The molecule has 0 spiro atoms. The van der Waals surface area contributed by atoms with Gasteiger partial charge in [-0.15, -0.1) is 11.3 Å². The van der Waals surface area contributed by atoms with Crippen molar-refractivity contribution in [3.05, 3.63) is 52.5 Å². The molecule has 3 rings (SSSR count). The topological polar surface area (TPSA) is 116 Å². The van der Waals surface area contributed by atoms with Gasteiger partial charge in [-0.1, -0.05) is 44.2 Å². The second-order valence-corrected chi connectivity index (χ2v) is 10.1. The van der Waals surface area contributed by atoms with Crippen LogP contribution in [0.1, 0.15) is 31.3 Å². The third-order valence-electron chi connectivity index (χ3n) is 6.12. The number of hydrogen-bond donors (Lipinski definition) is 3. The molecule has 196 valence electrons. The van der Waals surface area contributed by atoms with Gasteiger partial charge in [0.2, 0.25) is 11.8 Å². The number of carbonyl (C=O) groups is 3. The van der Waals surface area contributed by atoms with Crippen LogP contribution in [0.25, 0.3) is 0 Å². The number of amides is 3. The van der Waals surface area contributed by atoms with E-state index in [1.807, 2.05) is 49.6 Å². The molecule has 3 amide bonds. The van der Waals surface area contributed by atoms with Crippen molar-refractivity contribution in [3.8, 4) is 0 Å². The standard InChI is InChI=1S/C25H36N6O4S/c1-17(2)22(29-23(32)18(3)26-4)24(33)31-12-11-30(15-19-8-6-5-7-9-19)16-21(31)35-25(34)28-14-20-27-10-13-36-20/h5-10,13,17-18,21-22,26H,11-12,14-16H2,1-4H3,(H,28,34)(H,29,32)/t18-,21-,22-/m0/s1. The van der Waals surface area contributed by atoms with Gasteiger partial charge in [0.25, 0.3) is 0 Å². The molecule has 3 atom stereocenters. The molecule has 1 aliphatic heterocycles. The first-order valence-electron chi connectivity index (χ1n) is 12.2. The summed E-state index contributed by atoms with van der Waals surface area (Å²) in [5.41, 5.74) is 1.14. The molecule has 0 saturated carbocycles. The summed E-state index contributed by atoms with van der Waals surface area (Å²) in [6.45, 7) is 7.77. The number of carbonyl (C=O) groups excluding carboxylic acids is 3. The lowest BCUT2D eigenvalue weighted by Crippen LogP contribution is -2.62. The molecule has 2 aromatic rings. The number of nitrogens with zero attached hydrogens (tertiary/aromatic N) is 3. The summed E-state index contributed by atoms with van der Waals surface area (Å²) in [5.74, 6) is -0.670. The summed E-state index contributed by atoms with van der Waals surface area (Å²) in [6.07, 6.45) is 0.250. The highest BCUT2D eigenvalue weighted by atomic mass is 32.1. The van der Waals surface area contributed by atoms with E-state index in [9.17, 15) is 14.4 Å². The highest BCUT2D eigenvalue weighted by molar-refractivity contribution is 7.09. The average Bonchev–Trinajstić information content (AvgIpc) is 3.39. The first-order valence-corrected chi connectivity index (χ1v) is 13.0. The van der Waals surface area contributed by atoms with E-state index >= 15 is 0 Å². The lowest BCUT2D eigenvalue weighted by molar-refractivity contribution is -0.153. The van der Waals surface area contributed by atoms with Gasteiger partial charge in [0.15, 0.2) is 6.23 Å². The summed E-state index contributed by atoms with van der Waals surface area (Å²) in [4.78, 5) is 46.7. The zero-order valence-corrected chi connectivity index (χ0v) is 22.1. The van der Waals surface area contributed by atoms with Gasteiger partial charge in [0.1, 0.15) is 11.0 Å². The Morgan fingerprint density at radius 2 is 1.92 bits per heavy atom. The minimum Gasteiger partial charge on any atom is -0.424 e. The highest BCUT2D eigenvalue weighted by Gasteiger charge is 2.38. The number of nitrogens with one attached hydrogen (secondary N) is 3. The van der Waals surface area contributed by atoms with Gasteiger partial charge < -0.3 is 25.6 Å². The van der Waals surface area contributed by atoms with Crippen molar-refractivity contribution in [1.82, 2.24) is 30.7 Å². The van der Waals surface area contributed by atoms with E-state index in [0.29, 0.717) is 26.2 Å². The second kappa shape index (κ2) is 13.3. The van der Waals surface area contributed by atoms with Crippen LogP contribution in [-0.2, 0) is 27.4 Å². The Hall–Kier alpha value is -3.02. The molecule has 1 aliphatic rings.